The molecule has 0 saturated carbocycles. The number of aromatic nitrogens is 4. The lowest BCUT2D eigenvalue weighted by Gasteiger charge is -2.12. The molecule has 6 nitrogen and oxygen atoms in total. The highest BCUT2D eigenvalue weighted by Gasteiger charge is 2.16. The van der Waals surface area contributed by atoms with Gasteiger partial charge in [-0.3, -0.25) is 4.57 Å². The molecule has 0 N–H and O–H groups in total. The number of hydrogen-bond acceptors (Lipinski definition) is 4. The number of ether oxygens (including phenoxy) is 2. The average molecular weight is 641 g/mol. The molecule has 0 aliphatic carbocycles. The molecule has 0 spiro atoms. The van der Waals surface area contributed by atoms with Crippen LogP contribution in [0.5, 0.6) is 23.0 Å². The van der Waals surface area contributed by atoms with Crippen molar-refractivity contribution in [3.8, 4) is 45.6 Å². The van der Waals surface area contributed by atoms with Gasteiger partial charge in [-0.05, 0) is 109 Å². The van der Waals surface area contributed by atoms with E-state index >= 15 is 0 Å². The highest BCUT2D eigenvalue weighted by atomic mass is 16.5. The quantitative estimate of drug-likeness (QED) is 0.166. The van der Waals surface area contributed by atoms with Gasteiger partial charge >= 0.3 is 0 Å². The van der Waals surface area contributed by atoms with Crippen molar-refractivity contribution in [1.29, 1.82) is 0 Å². The van der Waals surface area contributed by atoms with E-state index in [1.807, 2.05) is 77.7 Å². The molecule has 3 heterocycles. The van der Waals surface area contributed by atoms with Crippen molar-refractivity contribution in [3.63, 3.8) is 0 Å². The number of hydrogen-bond donors (Lipinski definition) is 0. The summed E-state index contributed by atoms with van der Waals surface area (Å²) in [5.41, 5.74) is 8.77. The summed E-state index contributed by atoms with van der Waals surface area (Å²) in [6, 6.07) is 41.1. The van der Waals surface area contributed by atoms with Crippen molar-refractivity contribution >= 4 is 21.8 Å². The van der Waals surface area contributed by atoms with Gasteiger partial charge in [0.15, 0.2) is 0 Å². The fourth-order valence-corrected chi connectivity index (χ4v) is 6.66. The van der Waals surface area contributed by atoms with Crippen molar-refractivity contribution in [2.45, 2.75) is 33.6 Å². The van der Waals surface area contributed by atoms with Crippen molar-refractivity contribution in [2.24, 2.45) is 0 Å². The number of pyridine rings is 1. The number of fused-ring (bicyclic) bond motifs is 3. The summed E-state index contributed by atoms with van der Waals surface area (Å²) in [5, 5.41) is 7.07. The number of benzene rings is 5. The zero-order valence-corrected chi connectivity index (χ0v) is 28.0. The second-order valence-corrected chi connectivity index (χ2v) is 12.8. The van der Waals surface area contributed by atoms with Crippen molar-refractivity contribution < 1.29 is 9.47 Å². The third-order valence-electron chi connectivity index (χ3n) is 8.98. The van der Waals surface area contributed by atoms with Crippen LogP contribution in [0.3, 0.4) is 0 Å². The van der Waals surface area contributed by atoms with E-state index in [0.29, 0.717) is 5.92 Å². The molecule has 0 fully saturated rings. The monoisotopic (exact) mass is 640 g/mol. The van der Waals surface area contributed by atoms with Crippen molar-refractivity contribution in [1.82, 2.24) is 19.3 Å². The minimum atomic E-state index is 0.403. The van der Waals surface area contributed by atoms with E-state index in [-0.39, 0.29) is 0 Å². The molecule has 0 aliphatic rings. The Balaban J connectivity index is 1.09. The van der Waals surface area contributed by atoms with E-state index < -0.39 is 0 Å². The van der Waals surface area contributed by atoms with Crippen LogP contribution in [0.1, 0.15) is 36.5 Å². The van der Waals surface area contributed by atoms with Crippen LogP contribution in [-0.4, -0.2) is 19.3 Å². The summed E-state index contributed by atoms with van der Waals surface area (Å²) in [6.45, 7) is 8.63. The average Bonchev–Trinajstić information content (AvgIpc) is 3.72. The van der Waals surface area contributed by atoms with Gasteiger partial charge in [-0.1, -0.05) is 56.3 Å². The fraction of sp³-hybridized carbons (Fsp3) is 0.116. The molecule has 0 radical (unpaired) electrons. The minimum Gasteiger partial charge on any atom is -0.457 e. The number of rotatable bonds is 8. The number of para-hydroxylation sites is 2. The standard InChI is InChI=1S/C43H36N4O2/c1-28(2)31-19-20-44-42(23-31)47-40-16-9-8-15-38(40)39-18-17-36(25-41(39)47)49-35-14-10-11-33(24-35)46-27-32(26-45-46)43-29(3)21-37(22-30(43)4)48-34-12-6-5-7-13-34/h5-28H,1-4H3. The van der Waals surface area contributed by atoms with Gasteiger partial charge in [0.05, 0.1) is 22.9 Å². The Morgan fingerprint density at radius 3 is 2.14 bits per heavy atom. The second kappa shape index (κ2) is 12.5. The van der Waals surface area contributed by atoms with E-state index in [0.717, 1.165) is 73.2 Å². The lowest BCUT2D eigenvalue weighted by atomic mass is 9.98. The van der Waals surface area contributed by atoms with Crippen LogP contribution in [0.2, 0.25) is 0 Å². The summed E-state index contributed by atoms with van der Waals surface area (Å²) < 4.78 is 16.7. The van der Waals surface area contributed by atoms with E-state index in [1.165, 1.54) is 10.9 Å². The Kier molecular flexibility index (Phi) is 7.69. The van der Waals surface area contributed by atoms with Gasteiger partial charge in [-0.15, -0.1) is 0 Å². The lowest BCUT2D eigenvalue weighted by molar-refractivity contribution is 0.482. The Morgan fingerprint density at radius 2 is 1.33 bits per heavy atom. The summed E-state index contributed by atoms with van der Waals surface area (Å²) >= 11 is 0. The Bertz CT molecular complexity index is 2430. The zero-order chi connectivity index (χ0) is 33.5. The first-order chi connectivity index (χ1) is 23.9. The first kappa shape index (κ1) is 30.2. The summed E-state index contributed by atoms with van der Waals surface area (Å²) in [4.78, 5) is 4.79. The highest BCUT2D eigenvalue weighted by molar-refractivity contribution is 6.09. The third-order valence-corrected chi connectivity index (χ3v) is 8.98. The normalized spacial score (nSPS) is 11.4. The SMILES string of the molecule is Cc1cc(Oc2ccccc2)cc(C)c1-c1cnn(-c2cccc(Oc3ccc4c5ccccc5n(-c5cc(C(C)C)ccn5)c4c3)c2)c1. The van der Waals surface area contributed by atoms with E-state index in [4.69, 9.17) is 19.6 Å². The number of nitrogens with zero attached hydrogens (tertiary/aromatic N) is 4. The first-order valence-electron chi connectivity index (χ1n) is 16.6. The molecule has 49 heavy (non-hydrogen) atoms. The molecular weight excluding hydrogens is 604 g/mol. The minimum absolute atomic E-state index is 0.403. The second-order valence-electron chi connectivity index (χ2n) is 12.8. The summed E-state index contributed by atoms with van der Waals surface area (Å²) in [5.74, 6) is 4.42. The van der Waals surface area contributed by atoms with Crippen LogP contribution >= 0.6 is 0 Å². The van der Waals surface area contributed by atoms with Crippen molar-refractivity contribution in [3.05, 3.63) is 157 Å². The van der Waals surface area contributed by atoms with E-state index in [2.05, 4.69) is 99.1 Å². The molecule has 0 unspecified atom stereocenters. The molecule has 0 bridgehead atoms. The molecule has 8 aromatic rings. The molecule has 240 valence electrons. The lowest BCUT2D eigenvalue weighted by Crippen LogP contribution is -1.99. The van der Waals surface area contributed by atoms with Gasteiger partial charge in [0, 0.05) is 40.9 Å². The maximum absolute atomic E-state index is 6.50. The zero-order valence-electron chi connectivity index (χ0n) is 28.0. The summed E-state index contributed by atoms with van der Waals surface area (Å²) in [6.07, 6.45) is 5.88. The molecule has 0 amide bonds. The topological polar surface area (TPSA) is 54.1 Å². The van der Waals surface area contributed by atoms with Gasteiger partial charge in [0.1, 0.15) is 28.8 Å². The molecule has 0 aliphatic heterocycles. The maximum Gasteiger partial charge on any atom is 0.137 e. The van der Waals surface area contributed by atoms with Crippen LogP contribution in [0, 0.1) is 13.8 Å². The Hall–Kier alpha value is -6.14. The molecule has 5 aromatic carbocycles. The Morgan fingerprint density at radius 1 is 0.612 bits per heavy atom. The van der Waals surface area contributed by atoms with Gasteiger partial charge < -0.3 is 9.47 Å². The van der Waals surface area contributed by atoms with Crippen LogP contribution < -0.4 is 9.47 Å². The molecule has 0 saturated heterocycles. The third kappa shape index (κ3) is 5.82. The Labute approximate surface area is 285 Å². The molecule has 3 aromatic heterocycles. The summed E-state index contributed by atoms with van der Waals surface area (Å²) in [7, 11) is 0. The van der Waals surface area contributed by atoms with Crippen LogP contribution in [-0.2, 0) is 0 Å². The smallest absolute Gasteiger partial charge is 0.137 e. The molecule has 8 rings (SSSR count). The first-order valence-corrected chi connectivity index (χ1v) is 16.6. The van der Waals surface area contributed by atoms with E-state index in [9.17, 15) is 0 Å². The van der Waals surface area contributed by atoms with Crippen molar-refractivity contribution in [2.75, 3.05) is 0 Å². The van der Waals surface area contributed by atoms with Gasteiger partial charge in [-0.2, -0.15) is 5.10 Å². The molecule has 0 atom stereocenters. The predicted octanol–water partition coefficient (Wildman–Crippen LogP) is 11.4. The maximum atomic E-state index is 6.50. The highest BCUT2D eigenvalue weighted by Crippen LogP contribution is 2.36. The van der Waals surface area contributed by atoms with Gasteiger partial charge in [-0.25, -0.2) is 9.67 Å². The largest absolute Gasteiger partial charge is 0.457 e. The van der Waals surface area contributed by atoms with Gasteiger partial charge in [0.25, 0.3) is 0 Å². The van der Waals surface area contributed by atoms with Crippen LogP contribution in [0.25, 0.3) is 44.4 Å². The number of aryl methyl sites for hydroxylation is 2. The van der Waals surface area contributed by atoms with Crippen LogP contribution in [0.15, 0.2) is 140 Å². The fourth-order valence-electron chi connectivity index (χ4n) is 6.66. The van der Waals surface area contributed by atoms with Gasteiger partial charge in [0.2, 0.25) is 0 Å². The predicted molar refractivity (Wildman–Crippen MR) is 198 cm³/mol. The molecule has 6 heteroatoms. The van der Waals surface area contributed by atoms with E-state index in [1.54, 1.807) is 0 Å². The molecular formula is C43H36N4O2. The van der Waals surface area contributed by atoms with Crippen LogP contribution in [0.4, 0.5) is 0 Å².